The van der Waals surface area contributed by atoms with Gasteiger partial charge in [-0.05, 0) is 32.0 Å². The van der Waals surface area contributed by atoms with Gasteiger partial charge in [-0.15, -0.1) is 0 Å². The third kappa shape index (κ3) is 5.54. The average Bonchev–Trinajstić information content (AvgIpc) is 2.75. The van der Waals surface area contributed by atoms with Crippen molar-refractivity contribution < 1.29 is 27.5 Å². The largest absolute Gasteiger partial charge is 0.493 e. The molecule has 3 rings (SSSR count). The fraction of sp³-hybridized carbons (Fsp3) is 0.227. The molecule has 1 aliphatic rings. The lowest BCUT2D eigenvalue weighted by Gasteiger charge is -2.16. The van der Waals surface area contributed by atoms with E-state index in [1.807, 2.05) is 0 Å². The van der Waals surface area contributed by atoms with Crippen molar-refractivity contribution in [1.82, 2.24) is 9.97 Å². The first-order valence-corrected chi connectivity index (χ1v) is 9.73. The summed E-state index contributed by atoms with van der Waals surface area (Å²) >= 11 is 0. The van der Waals surface area contributed by atoms with E-state index < -0.39 is 23.3 Å². The molecule has 0 spiro atoms. The van der Waals surface area contributed by atoms with Crippen molar-refractivity contribution in [2.75, 3.05) is 17.2 Å². The number of ketones is 1. The molecule has 0 atom stereocenters. The zero-order valence-electron chi connectivity index (χ0n) is 17.6. The molecular weight excluding hydrogens is 439 g/mol. The van der Waals surface area contributed by atoms with Gasteiger partial charge in [-0.2, -0.15) is 18.4 Å². The van der Waals surface area contributed by atoms with Gasteiger partial charge in [-0.1, -0.05) is 6.08 Å². The Morgan fingerprint density at radius 2 is 2.06 bits per heavy atom. The number of hydrogen-bond donors (Lipinski definition) is 2. The number of amides is 2. The Bertz CT molecular complexity index is 1210. The van der Waals surface area contributed by atoms with E-state index >= 15 is 0 Å². The van der Waals surface area contributed by atoms with Gasteiger partial charge in [0.2, 0.25) is 0 Å². The van der Waals surface area contributed by atoms with Crippen LogP contribution in [0.1, 0.15) is 36.0 Å². The second kappa shape index (κ2) is 9.52. The number of carbonyl (C=O) groups is 2. The standard InChI is InChI=1S/C22H18F3N5O3/c1-3-33-19-9-15(31)6-7-16(19)20-27-11-18(12(2)28-20)30-21(32)29-14-5-4-13(10-26)17(8-14)22(23,24)25/h4-5,7-9,11H,3,6H2,1-2H3,(H2,29,30,32). The summed E-state index contributed by atoms with van der Waals surface area (Å²) in [5.41, 5.74) is -0.670. The molecule has 11 heteroatoms. The number of alkyl halides is 3. The van der Waals surface area contributed by atoms with E-state index in [-0.39, 0.29) is 23.6 Å². The smallest absolute Gasteiger partial charge is 0.417 e. The number of hydrogen-bond acceptors (Lipinski definition) is 6. The van der Waals surface area contributed by atoms with Gasteiger partial charge >= 0.3 is 12.2 Å². The maximum absolute atomic E-state index is 13.1. The van der Waals surface area contributed by atoms with Crippen LogP contribution in [0.25, 0.3) is 5.57 Å². The Morgan fingerprint density at radius 3 is 2.70 bits per heavy atom. The van der Waals surface area contributed by atoms with Crippen LogP contribution in [-0.4, -0.2) is 28.4 Å². The Balaban J connectivity index is 1.76. The van der Waals surface area contributed by atoms with E-state index in [0.717, 1.165) is 6.07 Å². The van der Waals surface area contributed by atoms with Crippen molar-refractivity contribution in [3.8, 4) is 6.07 Å². The molecule has 2 amide bonds. The SMILES string of the molecule is CCOC1=CC(=O)CC=C1c1ncc(NC(=O)Nc2ccc(C#N)c(C(F)(F)F)c2)c(C)n1. The van der Waals surface area contributed by atoms with Gasteiger partial charge in [-0.25, -0.2) is 14.8 Å². The van der Waals surface area contributed by atoms with Crippen molar-refractivity contribution in [3.05, 3.63) is 65.0 Å². The highest BCUT2D eigenvalue weighted by molar-refractivity contribution is 6.00. The maximum atomic E-state index is 13.1. The Kier molecular flexibility index (Phi) is 6.77. The molecule has 0 fully saturated rings. The van der Waals surface area contributed by atoms with Gasteiger partial charge in [0, 0.05) is 18.2 Å². The molecule has 1 heterocycles. The highest BCUT2D eigenvalue weighted by Gasteiger charge is 2.34. The number of ether oxygens (including phenoxy) is 1. The monoisotopic (exact) mass is 457 g/mol. The minimum absolute atomic E-state index is 0.106. The van der Waals surface area contributed by atoms with Crippen molar-refractivity contribution >= 4 is 28.8 Å². The summed E-state index contributed by atoms with van der Waals surface area (Å²) < 4.78 is 44.8. The van der Waals surface area contributed by atoms with Crippen molar-refractivity contribution in [3.63, 3.8) is 0 Å². The summed E-state index contributed by atoms with van der Waals surface area (Å²) in [6.07, 6.45) is -0.180. The topological polar surface area (TPSA) is 117 Å². The van der Waals surface area contributed by atoms with E-state index in [9.17, 15) is 22.8 Å². The van der Waals surface area contributed by atoms with Crippen LogP contribution in [0, 0.1) is 18.3 Å². The van der Waals surface area contributed by atoms with E-state index in [1.165, 1.54) is 24.4 Å². The highest BCUT2D eigenvalue weighted by Crippen LogP contribution is 2.33. The molecular formula is C22H18F3N5O3. The van der Waals surface area contributed by atoms with Crippen LogP contribution in [0.15, 0.2) is 42.3 Å². The minimum Gasteiger partial charge on any atom is -0.493 e. The third-order valence-corrected chi connectivity index (χ3v) is 4.54. The molecule has 0 aliphatic heterocycles. The minimum atomic E-state index is -4.74. The van der Waals surface area contributed by atoms with Gasteiger partial charge in [-0.3, -0.25) is 4.79 Å². The fourth-order valence-corrected chi connectivity index (χ4v) is 3.02. The molecule has 8 nitrogen and oxygen atoms in total. The summed E-state index contributed by atoms with van der Waals surface area (Å²) in [6, 6.07) is 3.52. The summed E-state index contributed by atoms with van der Waals surface area (Å²) in [4.78, 5) is 32.5. The molecule has 1 aliphatic carbocycles. The Labute approximate surface area is 186 Å². The second-order valence-electron chi connectivity index (χ2n) is 6.87. The first-order valence-electron chi connectivity index (χ1n) is 9.73. The molecule has 1 aromatic carbocycles. The molecule has 2 aromatic rings. The number of urea groups is 1. The number of nitrogens with one attached hydrogen (secondary N) is 2. The number of allylic oxidation sites excluding steroid dienone is 3. The summed E-state index contributed by atoms with van der Waals surface area (Å²) in [7, 11) is 0. The molecule has 0 saturated heterocycles. The van der Waals surface area contributed by atoms with E-state index in [2.05, 4.69) is 20.6 Å². The molecule has 0 unspecified atom stereocenters. The lowest BCUT2D eigenvalue weighted by Crippen LogP contribution is -2.21. The van der Waals surface area contributed by atoms with Crippen LogP contribution in [0.5, 0.6) is 0 Å². The van der Waals surface area contributed by atoms with Gasteiger partial charge in [0.25, 0.3) is 0 Å². The first-order chi connectivity index (χ1) is 15.6. The number of halogens is 3. The molecule has 0 saturated carbocycles. The van der Waals surface area contributed by atoms with E-state index in [1.54, 1.807) is 19.9 Å². The molecule has 0 bridgehead atoms. The number of benzene rings is 1. The van der Waals surface area contributed by atoms with Gasteiger partial charge in [0.1, 0.15) is 5.76 Å². The van der Waals surface area contributed by atoms with Gasteiger partial charge in [0.05, 0.1) is 47.0 Å². The highest BCUT2D eigenvalue weighted by atomic mass is 19.4. The molecule has 170 valence electrons. The summed E-state index contributed by atoms with van der Waals surface area (Å²) in [5.74, 6) is 0.547. The van der Waals surface area contributed by atoms with Crippen LogP contribution in [-0.2, 0) is 15.7 Å². The van der Waals surface area contributed by atoms with Crippen LogP contribution in [0.3, 0.4) is 0 Å². The Morgan fingerprint density at radius 1 is 1.30 bits per heavy atom. The Hall–Kier alpha value is -4.20. The average molecular weight is 457 g/mol. The van der Waals surface area contributed by atoms with Crippen molar-refractivity contribution in [2.45, 2.75) is 26.4 Å². The van der Waals surface area contributed by atoms with Crippen LogP contribution < -0.4 is 10.6 Å². The summed E-state index contributed by atoms with van der Waals surface area (Å²) in [5, 5.41) is 13.6. The zero-order chi connectivity index (χ0) is 24.2. The summed E-state index contributed by atoms with van der Waals surface area (Å²) in [6.45, 7) is 3.74. The van der Waals surface area contributed by atoms with Crippen LogP contribution in [0.4, 0.5) is 29.3 Å². The zero-order valence-corrected chi connectivity index (χ0v) is 17.6. The van der Waals surface area contributed by atoms with Crippen LogP contribution >= 0.6 is 0 Å². The van der Waals surface area contributed by atoms with E-state index in [4.69, 9.17) is 10.00 Å². The molecule has 1 aromatic heterocycles. The van der Waals surface area contributed by atoms with Gasteiger partial charge in [0.15, 0.2) is 11.6 Å². The second-order valence-corrected chi connectivity index (χ2v) is 6.87. The normalized spacial score (nSPS) is 13.5. The van der Waals surface area contributed by atoms with Gasteiger partial charge < -0.3 is 15.4 Å². The number of aryl methyl sites for hydroxylation is 1. The van der Waals surface area contributed by atoms with E-state index in [0.29, 0.717) is 35.5 Å². The first kappa shape index (κ1) is 23.5. The predicted octanol–water partition coefficient (Wildman–Crippen LogP) is 4.60. The fourth-order valence-electron chi connectivity index (χ4n) is 3.02. The molecule has 2 N–H and O–H groups in total. The van der Waals surface area contributed by atoms with Crippen molar-refractivity contribution in [1.29, 1.82) is 5.26 Å². The molecule has 33 heavy (non-hydrogen) atoms. The number of aromatic nitrogens is 2. The lowest BCUT2D eigenvalue weighted by atomic mass is 10.0. The number of nitriles is 1. The lowest BCUT2D eigenvalue weighted by molar-refractivity contribution is -0.137. The quantitative estimate of drug-likeness (QED) is 0.678. The maximum Gasteiger partial charge on any atom is 0.417 e. The number of carbonyl (C=O) groups excluding carboxylic acids is 2. The number of anilines is 2. The van der Waals surface area contributed by atoms with Crippen molar-refractivity contribution in [2.24, 2.45) is 0 Å². The predicted molar refractivity (Wildman–Crippen MR) is 113 cm³/mol. The molecule has 0 radical (unpaired) electrons. The number of nitrogens with zero attached hydrogens (tertiary/aromatic N) is 3. The number of rotatable bonds is 5. The third-order valence-electron chi connectivity index (χ3n) is 4.54. The van der Waals surface area contributed by atoms with Crippen LogP contribution in [0.2, 0.25) is 0 Å².